The lowest BCUT2D eigenvalue weighted by Gasteiger charge is -2.28. The second-order valence-electron chi connectivity index (χ2n) is 7.10. The van der Waals surface area contributed by atoms with Gasteiger partial charge in [0.1, 0.15) is 17.5 Å². The molecular formula is C23H23BrN2O4S. The summed E-state index contributed by atoms with van der Waals surface area (Å²) in [5.74, 6) is 0.801. The number of hydrogen-bond donors (Lipinski definition) is 1. The average molecular weight is 503 g/mol. The molecule has 1 amide bonds. The Morgan fingerprint density at radius 3 is 2.19 bits per heavy atom. The van der Waals surface area contributed by atoms with E-state index in [0.29, 0.717) is 22.9 Å². The number of carbonyl (C=O) groups excluding carboxylic acids is 1. The van der Waals surface area contributed by atoms with E-state index < -0.39 is 22.0 Å². The monoisotopic (exact) mass is 502 g/mol. The highest BCUT2D eigenvalue weighted by Gasteiger charge is 2.29. The minimum atomic E-state index is -3.72. The molecule has 0 radical (unpaired) electrons. The summed E-state index contributed by atoms with van der Waals surface area (Å²) in [4.78, 5) is 12.8. The van der Waals surface area contributed by atoms with Crippen LogP contribution >= 0.6 is 15.9 Å². The van der Waals surface area contributed by atoms with Crippen molar-refractivity contribution in [3.05, 3.63) is 82.8 Å². The van der Waals surface area contributed by atoms with Gasteiger partial charge in [0.05, 0.1) is 11.9 Å². The van der Waals surface area contributed by atoms with E-state index in [1.807, 2.05) is 49.4 Å². The van der Waals surface area contributed by atoms with Gasteiger partial charge in [0.15, 0.2) is 0 Å². The van der Waals surface area contributed by atoms with Crippen LogP contribution in [0.1, 0.15) is 12.5 Å². The van der Waals surface area contributed by atoms with Gasteiger partial charge < -0.3 is 10.1 Å². The molecule has 31 heavy (non-hydrogen) atoms. The first kappa shape index (κ1) is 22.8. The second kappa shape index (κ2) is 9.53. The SMILES string of the molecule is Cc1cc(NC(=O)[C@@H](C)N(c2ccc(Oc3ccccc3)cc2)S(C)(=O)=O)ccc1Br. The first-order valence-electron chi connectivity index (χ1n) is 9.54. The number of rotatable bonds is 7. The standard InChI is InChI=1S/C23H23BrN2O4S/c1-16-15-18(9-14-22(16)24)25-23(27)17(2)26(31(3,28)29)19-10-12-21(13-11-19)30-20-7-5-4-6-8-20/h4-15,17H,1-3H3,(H,25,27)/t17-/m1/s1. The van der Waals surface area contributed by atoms with Crippen molar-refractivity contribution in [2.75, 3.05) is 15.9 Å². The minimum absolute atomic E-state index is 0.373. The highest BCUT2D eigenvalue weighted by atomic mass is 79.9. The summed E-state index contributed by atoms with van der Waals surface area (Å²) < 4.78 is 32.8. The van der Waals surface area contributed by atoms with E-state index in [4.69, 9.17) is 4.74 Å². The van der Waals surface area contributed by atoms with Gasteiger partial charge in [0, 0.05) is 10.2 Å². The number of amides is 1. The molecule has 0 aliphatic carbocycles. The highest BCUT2D eigenvalue weighted by molar-refractivity contribution is 9.10. The van der Waals surface area contributed by atoms with Gasteiger partial charge in [-0.05, 0) is 74.0 Å². The number of anilines is 2. The number of benzene rings is 3. The number of para-hydroxylation sites is 1. The number of nitrogens with one attached hydrogen (secondary N) is 1. The molecule has 0 fully saturated rings. The summed E-state index contributed by atoms with van der Waals surface area (Å²) in [6, 6.07) is 20.3. The van der Waals surface area contributed by atoms with Crippen LogP contribution < -0.4 is 14.4 Å². The van der Waals surface area contributed by atoms with Crippen molar-refractivity contribution >= 4 is 43.2 Å². The Bertz CT molecular complexity index is 1170. The third-order valence-electron chi connectivity index (χ3n) is 4.58. The molecule has 3 aromatic carbocycles. The Morgan fingerprint density at radius 2 is 1.61 bits per heavy atom. The number of sulfonamides is 1. The Balaban J connectivity index is 1.80. The molecule has 0 spiro atoms. The van der Waals surface area contributed by atoms with E-state index >= 15 is 0 Å². The number of halogens is 1. The highest BCUT2D eigenvalue weighted by Crippen LogP contribution is 2.27. The van der Waals surface area contributed by atoms with Crippen molar-refractivity contribution in [3.63, 3.8) is 0 Å². The third kappa shape index (κ3) is 5.86. The molecule has 0 saturated carbocycles. The summed E-state index contributed by atoms with van der Waals surface area (Å²) >= 11 is 3.42. The fraction of sp³-hybridized carbons (Fsp3) is 0.174. The number of ether oxygens (including phenoxy) is 1. The molecule has 1 atom stereocenters. The lowest BCUT2D eigenvalue weighted by atomic mass is 10.2. The van der Waals surface area contributed by atoms with Crippen LogP contribution in [-0.4, -0.2) is 26.6 Å². The molecule has 6 nitrogen and oxygen atoms in total. The Labute approximate surface area is 191 Å². The zero-order valence-electron chi connectivity index (χ0n) is 17.4. The Morgan fingerprint density at radius 1 is 1.00 bits per heavy atom. The normalized spacial score (nSPS) is 12.1. The number of hydrogen-bond acceptors (Lipinski definition) is 4. The van der Waals surface area contributed by atoms with Gasteiger partial charge in [0.25, 0.3) is 0 Å². The summed E-state index contributed by atoms with van der Waals surface area (Å²) in [7, 11) is -3.72. The van der Waals surface area contributed by atoms with Crippen LogP contribution in [0.25, 0.3) is 0 Å². The largest absolute Gasteiger partial charge is 0.457 e. The summed E-state index contributed by atoms with van der Waals surface area (Å²) in [6.45, 7) is 3.46. The van der Waals surface area contributed by atoms with E-state index in [1.54, 1.807) is 37.3 Å². The second-order valence-corrected chi connectivity index (χ2v) is 9.81. The smallest absolute Gasteiger partial charge is 0.247 e. The number of aryl methyl sites for hydroxylation is 1. The van der Waals surface area contributed by atoms with Crippen LogP contribution in [0.3, 0.4) is 0 Å². The van der Waals surface area contributed by atoms with Crippen LogP contribution in [0.5, 0.6) is 11.5 Å². The fourth-order valence-corrected chi connectivity index (χ4v) is 4.49. The van der Waals surface area contributed by atoms with Gasteiger partial charge in [0.2, 0.25) is 15.9 Å². The van der Waals surface area contributed by atoms with Gasteiger partial charge in [-0.2, -0.15) is 0 Å². The maximum atomic E-state index is 12.8. The van der Waals surface area contributed by atoms with Gasteiger partial charge >= 0.3 is 0 Å². The Kier molecular flexibility index (Phi) is 7.02. The molecule has 8 heteroatoms. The molecule has 3 rings (SSSR count). The first-order chi connectivity index (χ1) is 14.6. The molecular weight excluding hydrogens is 480 g/mol. The van der Waals surface area contributed by atoms with Crippen molar-refractivity contribution < 1.29 is 17.9 Å². The predicted molar refractivity (Wildman–Crippen MR) is 127 cm³/mol. The van der Waals surface area contributed by atoms with Crippen molar-refractivity contribution in [1.82, 2.24) is 0 Å². The zero-order chi connectivity index (χ0) is 22.6. The van der Waals surface area contributed by atoms with Crippen LogP contribution in [0.15, 0.2) is 77.3 Å². The van der Waals surface area contributed by atoms with Crippen molar-refractivity contribution in [1.29, 1.82) is 0 Å². The fourth-order valence-electron chi connectivity index (χ4n) is 3.06. The molecule has 0 saturated heterocycles. The molecule has 1 N–H and O–H groups in total. The van der Waals surface area contributed by atoms with Crippen LogP contribution in [-0.2, 0) is 14.8 Å². The summed E-state index contributed by atoms with van der Waals surface area (Å²) in [6.07, 6.45) is 1.08. The molecule has 0 bridgehead atoms. The minimum Gasteiger partial charge on any atom is -0.457 e. The van der Waals surface area contributed by atoms with E-state index in [1.165, 1.54) is 0 Å². The molecule has 3 aromatic rings. The lowest BCUT2D eigenvalue weighted by Crippen LogP contribution is -2.45. The van der Waals surface area contributed by atoms with Crippen molar-refractivity contribution in [2.24, 2.45) is 0 Å². The maximum Gasteiger partial charge on any atom is 0.247 e. The Hall–Kier alpha value is -2.84. The third-order valence-corrected chi connectivity index (χ3v) is 6.72. The van der Waals surface area contributed by atoms with Crippen LogP contribution in [0, 0.1) is 6.92 Å². The van der Waals surface area contributed by atoms with Gasteiger partial charge in [-0.3, -0.25) is 9.10 Å². The summed E-state index contributed by atoms with van der Waals surface area (Å²) in [5.41, 5.74) is 1.93. The van der Waals surface area contributed by atoms with Crippen molar-refractivity contribution in [2.45, 2.75) is 19.9 Å². The maximum absolute atomic E-state index is 12.8. The van der Waals surface area contributed by atoms with E-state index in [0.717, 1.165) is 20.6 Å². The molecule has 162 valence electrons. The number of nitrogens with zero attached hydrogens (tertiary/aromatic N) is 1. The van der Waals surface area contributed by atoms with E-state index in [2.05, 4.69) is 21.2 Å². The van der Waals surface area contributed by atoms with Gasteiger partial charge in [-0.25, -0.2) is 8.42 Å². The topological polar surface area (TPSA) is 75.7 Å². The van der Waals surface area contributed by atoms with Gasteiger partial charge in [-0.15, -0.1) is 0 Å². The first-order valence-corrected chi connectivity index (χ1v) is 12.2. The molecule has 0 heterocycles. The van der Waals surface area contributed by atoms with Crippen LogP contribution in [0.4, 0.5) is 11.4 Å². The molecule has 0 aliphatic rings. The van der Waals surface area contributed by atoms with Crippen LogP contribution in [0.2, 0.25) is 0 Å². The zero-order valence-corrected chi connectivity index (χ0v) is 19.8. The van der Waals surface area contributed by atoms with E-state index in [9.17, 15) is 13.2 Å². The summed E-state index contributed by atoms with van der Waals surface area (Å²) in [5, 5.41) is 2.79. The predicted octanol–water partition coefficient (Wildman–Crippen LogP) is 5.34. The molecule has 0 unspecified atom stereocenters. The lowest BCUT2D eigenvalue weighted by molar-refractivity contribution is -0.116. The number of carbonyl (C=O) groups is 1. The van der Waals surface area contributed by atoms with Gasteiger partial charge in [-0.1, -0.05) is 34.1 Å². The van der Waals surface area contributed by atoms with Crippen molar-refractivity contribution in [3.8, 4) is 11.5 Å². The molecule has 0 aromatic heterocycles. The quantitative estimate of drug-likeness (QED) is 0.472. The van der Waals surface area contributed by atoms with E-state index in [-0.39, 0.29) is 0 Å². The average Bonchev–Trinajstić information content (AvgIpc) is 2.72. The molecule has 0 aliphatic heterocycles.